The van der Waals surface area contributed by atoms with E-state index in [1.54, 1.807) is 24.4 Å². The molecule has 0 N–H and O–H groups in total. The summed E-state index contributed by atoms with van der Waals surface area (Å²) >= 11 is 0. The Hall–Kier alpha value is -9.00. The predicted molar refractivity (Wildman–Crippen MR) is 328 cm³/mol. The molecule has 1 unspecified atom stereocenters. The minimum atomic E-state index is -1.03. The average molecular weight is 1040 g/mol. The van der Waals surface area contributed by atoms with Gasteiger partial charge in [0.2, 0.25) is 0 Å². The molecule has 0 bridgehead atoms. The molecule has 79 heavy (non-hydrogen) atoms. The summed E-state index contributed by atoms with van der Waals surface area (Å²) in [5, 5.41) is 1.05. The van der Waals surface area contributed by atoms with Gasteiger partial charge < -0.3 is 9.30 Å². The van der Waals surface area contributed by atoms with Gasteiger partial charge in [0.15, 0.2) is 0 Å². The lowest BCUT2D eigenvalue weighted by atomic mass is 9.78. The molecular weight excluding hydrogens is 963 g/mol. The quantitative estimate of drug-likeness (QED) is 0.101. The van der Waals surface area contributed by atoms with E-state index in [0.29, 0.717) is 66.9 Å². The van der Waals surface area contributed by atoms with Crippen molar-refractivity contribution in [3.05, 3.63) is 241 Å². The van der Waals surface area contributed by atoms with Gasteiger partial charge in [-0.05, 0) is 110 Å². The molecule has 388 valence electrons. The maximum Gasteiger partial charge on any atom is 0.269 e. The van der Waals surface area contributed by atoms with Gasteiger partial charge in [-0.3, -0.25) is 13.7 Å². The van der Waals surface area contributed by atoms with Crippen LogP contribution in [0.3, 0.4) is 0 Å². The summed E-state index contributed by atoms with van der Waals surface area (Å²) in [5.74, 6) is -0.0920. The highest BCUT2D eigenvalue weighted by atomic mass is 16.5. The molecule has 0 radical (unpaired) electrons. The Balaban J connectivity index is 1.07. The molecule has 6 nitrogen and oxygen atoms in total. The first kappa shape index (κ1) is 36.2. The monoisotopic (exact) mass is 1040 g/mol. The number of aromatic nitrogens is 5. The van der Waals surface area contributed by atoms with E-state index in [0.717, 1.165) is 22.3 Å². The van der Waals surface area contributed by atoms with Crippen LogP contribution in [0.4, 0.5) is 0 Å². The van der Waals surface area contributed by atoms with Crippen LogP contribution in [0, 0.1) is 12.2 Å². The second-order valence-electron chi connectivity index (χ2n) is 22.6. The summed E-state index contributed by atoms with van der Waals surface area (Å²) in [6.45, 7) is 18.8. The van der Waals surface area contributed by atoms with Crippen molar-refractivity contribution in [2.75, 3.05) is 0 Å². The highest BCUT2D eigenvalue weighted by molar-refractivity contribution is 6.16. The molecule has 6 heteroatoms. The number of hydrogen-bond donors (Lipinski definition) is 0. The van der Waals surface area contributed by atoms with Gasteiger partial charge in [-0.25, -0.2) is 4.98 Å². The topological polar surface area (TPSA) is 40.8 Å². The molecule has 0 saturated heterocycles. The van der Waals surface area contributed by atoms with Crippen molar-refractivity contribution in [3.63, 3.8) is 0 Å². The summed E-state index contributed by atoms with van der Waals surface area (Å²) in [7, 11) is 0. The fourth-order valence-electron chi connectivity index (χ4n) is 10.8. The van der Waals surface area contributed by atoms with E-state index in [1.807, 2.05) is 132 Å². The lowest BCUT2D eigenvalue weighted by molar-refractivity contribution is -0.571. The molecule has 13 rings (SSSR count). The van der Waals surface area contributed by atoms with E-state index in [9.17, 15) is 9.60 Å². The number of pyridine rings is 1. The molecule has 0 amide bonds. The third-order valence-electron chi connectivity index (χ3n) is 15.2. The van der Waals surface area contributed by atoms with Gasteiger partial charge in [-0.2, -0.15) is 0 Å². The van der Waals surface area contributed by atoms with Crippen molar-refractivity contribution in [2.24, 2.45) is 5.92 Å². The smallest absolute Gasteiger partial charge is 0.269 e. The molecule has 0 aliphatic carbocycles. The van der Waals surface area contributed by atoms with Crippen LogP contribution in [0.2, 0.25) is 0 Å². The summed E-state index contributed by atoms with van der Waals surface area (Å²) in [6, 6.07) is 35.8. The van der Waals surface area contributed by atoms with Gasteiger partial charge in [0, 0.05) is 41.2 Å². The van der Waals surface area contributed by atoms with Crippen LogP contribution < -0.4 is 9.30 Å². The van der Waals surface area contributed by atoms with Gasteiger partial charge in [-0.1, -0.05) is 214 Å². The van der Waals surface area contributed by atoms with E-state index in [2.05, 4.69) is 66.1 Å². The molecular formula is C73H65N5O. The van der Waals surface area contributed by atoms with Crippen LogP contribution in [0.5, 0.6) is 11.5 Å². The standard InChI is InChI=1S/C73H65N5O/c1-47(2)48(3)50-37-38-74-69(41-50)78-64-34-18-15-29-61(64)70-67(77-62-32-16-13-27-59(62)60-28-14-17-33-63(60)77)44-56(45-68(70)78)79-55-26-21-25-54(43-55)75-46-76(66-36-20-19-35-65(66)75)71-57(49-23-11-10-12-24-49)30-22-31-58(71)51-39-52(72(4,5)6)42-53(40-51)73(7,8)9/h10-45,47-48H,1-9H3/i10D,11D,12D,13D,14D,16D,17D,23D,24D,27D,28D,32D,33D,48D. The van der Waals surface area contributed by atoms with E-state index in [1.165, 1.54) is 4.57 Å². The molecule has 0 spiro atoms. The number of benzene rings is 9. The third-order valence-corrected chi connectivity index (χ3v) is 15.2. The highest BCUT2D eigenvalue weighted by Crippen LogP contribution is 2.44. The number of imidazole rings is 1. The van der Waals surface area contributed by atoms with Crippen molar-refractivity contribution in [2.45, 2.75) is 79.0 Å². The Morgan fingerprint density at radius 2 is 1.18 bits per heavy atom. The first-order valence-corrected chi connectivity index (χ1v) is 26.6. The summed E-state index contributed by atoms with van der Waals surface area (Å²) in [5.41, 5.74) is 8.15. The van der Waals surface area contributed by atoms with Gasteiger partial charge in [-0.15, -0.1) is 0 Å². The molecule has 1 atom stereocenters. The SMILES string of the molecule is [2H]c1c([2H])c([2H])c(-c2cccc(-c3cc(C(C)(C)C)cc(C(C)(C)C)c3)c2-[n+]2[c-]n(-c3cccc(Oc4cc(-n5c6c([2H])c([2H])c([2H])c([2H])c6c6c([2H])c([2H])c([2H])c([2H])c65)c5c6ccccc6n(-c6cc(C([2H])(C)C(C)C)ccn6)c5c4)c3)c3ccccc32)c([2H])c1[2H]. The van der Waals surface area contributed by atoms with Crippen LogP contribution in [0.1, 0.15) is 104 Å². The van der Waals surface area contributed by atoms with Crippen LogP contribution in [0.25, 0.3) is 99.8 Å². The van der Waals surface area contributed by atoms with E-state index in [4.69, 9.17) is 19.3 Å². The first-order chi connectivity index (χ1) is 43.9. The summed E-state index contributed by atoms with van der Waals surface area (Å²) in [4.78, 5) is 4.92. The van der Waals surface area contributed by atoms with Gasteiger partial charge in [0.05, 0.1) is 68.0 Å². The zero-order valence-corrected chi connectivity index (χ0v) is 45.5. The number of nitrogens with zero attached hydrogens (tertiary/aromatic N) is 5. The second kappa shape index (κ2) is 19.2. The third kappa shape index (κ3) is 8.67. The van der Waals surface area contributed by atoms with Gasteiger partial charge in [0.25, 0.3) is 6.33 Å². The van der Waals surface area contributed by atoms with Crippen molar-refractivity contribution in [3.8, 4) is 56.6 Å². The summed E-state index contributed by atoms with van der Waals surface area (Å²) < 4.78 is 142. The second-order valence-corrected chi connectivity index (χ2v) is 22.6. The minimum absolute atomic E-state index is 0.0277. The Kier molecular flexibility index (Phi) is 8.78. The Morgan fingerprint density at radius 1 is 0.544 bits per heavy atom. The number of rotatable bonds is 10. The van der Waals surface area contributed by atoms with Crippen LogP contribution in [-0.4, -0.2) is 18.7 Å². The average Bonchev–Trinajstić information content (AvgIpc) is 1.55. The Morgan fingerprint density at radius 3 is 1.87 bits per heavy atom. The number of hydrogen-bond acceptors (Lipinski definition) is 2. The maximum atomic E-state index is 9.55. The molecule has 0 aliphatic heterocycles. The zero-order valence-electron chi connectivity index (χ0n) is 59.5. The lowest BCUT2D eigenvalue weighted by Gasteiger charge is -2.27. The number of para-hydroxylation sites is 6. The minimum Gasteiger partial charge on any atom is -0.458 e. The normalized spacial score (nSPS) is 15.6. The number of fused-ring (bicyclic) bond motifs is 7. The fraction of sp³-hybridized carbons (Fsp3) is 0.178. The molecule has 4 heterocycles. The maximum absolute atomic E-state index is 9.55. The Labute approximate surface area is 483 Å². The molecule has 9 aromatic carbocycles. The largest absolute Gasteiger partial charge is 0.458 e. The van der Waals surface area contributed by atoms with Crippen molar-refractivity contribution in [1.29, 1.82) is 0 Å². The molecule has 0 saturated carbocycles. The van der Waals surface area contributed by atoms with Crippen LogP contribution in [0.15, 0.2) is 218 Å². The van der Waals surface area contributed by atoms with E-state index >= 15 is 0 Å². The summed E-state index contributed by atoms with van der Waals surface area (Å²) in [6.07, 6.45) is 5.33. The molecule has 4 aromatic heterocycles. The predicted octanol–water partition coefficient (Wildman–Crippen LogP) is 18.8. The van der Waals surface area contributed by atoms with E-state index in [-0.39, 0.29) is 67.6 Å². The fourth-order valence-corrected chi connectivity index (χ4v) is 10.8. The van der Waals surface area contributed by atoms with Gasteiger partial charge >= 0.3 is 0 Å². The van der Waals surface area contributed by atoms with E-state index < -0.39 is 72.4 Å². The first-order valence-electron chi connectivity index (χ1n) is 33.6. The van der Waals surface area contributed by atoms with Crippen molar-refractivity contribution in [1.82, 2.24) is 18.7 Å². The molecule has 0 aliphatic rings. The molecule has 0 fully saturated rings. The van der Waals surface area contributed by atoms with Crippen LogP contribution >= 0.6 is 0 Å². The molecule has 13 aromatic rings. The zero-order chi connectivity index (χ0) is 66.6. The highest BCUT2D eigenvalue weighted by Gasteiger charge is 2.26. The van der Waals surface area contributed by atoms with Gasteiger partial charge in [0.1, 0.15) is 17.3 Å². The lowest BCUT2D eigenvalue weighted by Crippen LogP contribution is -2.31. The van der Waals surface area contributed by atoms with Crippen molar-refractivity contribution >= 4 is 54.6 Å². The Bertz CT molecular complexity index is 5200. The van der Waals surface area contributed by atoms with Crippen LogP contribution in [-0.2, 0) is 10.8 Å². The number of ether oxygens (including phenoxy) is 1. The van der Waals surface area contributed by atoms with Crippen molar-refractivity contribution < 1.29 is 28.5 Å².